The number of hydrazine groups is 1. The maximum absolute atomic E-state index is 9.40. The molecule has 0 bridgehead atoms. The number of phenolic OH excluding ortho intramolecular Hbond substituents is 1. The fraction of sp³-hybridized carbons (Fsp3) is 0.182. The molecule has 6 N–H and O–H groups in total. The fourth-order valence-electron chi connectivity index (χ4n) is 1.20. The molecule has 92 valence electrons. The summed E-state index contributed by atoms with van der Waals surface area (Å²) < 4.78 is 4.99. The molecule has 0 fully saturated rings. The molecule has 0 radical (unpaired) electrons. The van der Waals surface area contributed by atoms with Crippen LogP contribution in [-0.4, -0.2) is 24.7 Å². The van der Waals surface area contributed by atoms with Gasteiger partial charge in [-0.3, -0.25) is 10.8 Å². The van der Waals surface area contributed by atoms with E-state index in [1.807, 2.05) is 12.2 Å². The van der Waals surface area contributed by atoms with E-state index in [9.17, 15) is 5.11 Å². The number of ether oxygens (including phenoxy) is 1. The molecule has 17 heavy (non-hydrogen) atoms. The van der Waals surface area contributed by atoms with Crippen LogP contribution in [0.2, 0.25) is 0 Å². The van der Waals surface area contributed by atoms with E-state index in [4.69, 9.17) is 15.9 Å². The molecule has 0 saturated heterocycles. The minimum absolute atomic E-state index is 0.112. The number of hydrogen-bond donors (Lipinski definition) is 5. The molecule has 0 amide bonds. The number of phenols is 1. The predicted octanol–water partition coefficient (Wildman–Crippen LogP) is 0.402. The SMILES string of the molecule is COc1cc(/C=C/CNNC(=N)N)ccc1O. The van der Waals surface area contributed by atoms with Crippen LogP contribution in [0.3, 0.4) is 0 Å². The van der Waals surface area contributed by atoms with E-state index in [1.165, 1.54) is 7.11 Å². The first-order valence-electron chi connectivity index (χ1n) is 5.00. The molecule has 0 atom stereocenters. The standard InChI is InChI=1S/C11H16N4O2/c1-17-10-7-8(4-5-9(10)16)3-2-6-14-15-11(12)13/h2-5,7,14,16H,6H2,1H3,(H4,12,13,15)/b3-2+. The smallest absolute Gasteiger partial charge is 0.200 e. The van der Waals surface area contributed by atoms with Crippen LogP contribution in [0.1, 0.15) is 5.56 Å². The van der Waals surface area contributed by atoms with Crippen molar-refractivity contribution >= 4 is 12.0 Å². The molecule has 0 aromatic heterocycles. The van der Waals surface area contributed by atoms with Crippen LogP contribution in [0.5, 0.6) is 11.5 Å². The third kappa shape index (κ3) is 4.43. The first-order chi connectivity index (χ1) is 8.13. The average molecular weight is 236 g/mol. The molecule has 0 saturated carbocycles. The van der Waals surface area contributed by atoms with Gasteiger partial charge in [-0.2, -0.15) is 0 Å². The van der Waals surface area contributed by atoms with E-state index in [0.29, 0.717) is 12.3 Å². The second-order valence-electron chi connectivity index (χ2n) is 3.25. The van der Waals surface area contributed by atoms with Gasteiger partial charge in [-0.25, -0.2) is 5.43 Å². The van der Waals surface area contributed by atoms with Crippen molar-refractivity contribution in [2.75, 3.05) is 13.7 Å². The topological polar surface area (TPSA) is 103 Å². The molecular weight excluding hydrogens is 220 g/mol. The summed E-state index contributed by atoms with van der Waals surface area (Å²) in [4.78, 5) is 0. The van der Waals surface area contributed by atoms with E-state index in [0.717, 1.165) is 5.56 Å². The van der Waals surface area contributed by atoms with Gasteiger partial charge in [0.15, 0.2) is 17.5 Å². The summed E-state index contributed by atoms with van der Waals surface area (Å²) in [6.07, 6.45) is 3.71. The van der Waals surface area contributed by atoms with Gasteiger partial charge in [0.2, 0.25) is 0 Å². The van der Waals surface area contributed by atoms with Gasteiger partial charge in [0.1, 0.15) is 0 Å². The lowest BCUT2D eigenvalue weighted by molar-refractivity contribution is 0.373. The number of nitrogens with two attached hydrogens (primary N) is 1. The Kier molecular flexibility index (Phi) is 4.83. The van der Waals surface area contributed by atoms with E-state index >= 15 is 0 Å². The summed E-state index contributed by atoms with van der Waals surface area (Å²) in [5.74, 6) is 0.410. The van der Waals surface area contributed by atoms with E-state index in [2.05, 4.69) is 10.9 Å². The summed E-state index contributed by atoms with van der Waals surface area (Å²) in [6, 6.07) is 5.07. The van der Waals surface area contributed by atoms with Crippen molar-refractivity contribution in [2.24, 2.45) is 5.73 Å². The van der Waals surface area contributed by atoms with Gasteiger partial charge < -0.3 is 15.6 Å². The highest BCUT2D eigenvalue weighted by Gasteiger charge is 1.99. The number of benzene rings is 1. The maximum atomic E-state index is 9.40. The molecule has 1 aromatic carbocycles. The Morgan fingerprint density at radius 3 is 3.00 bits per heavy atom. The van der Waals surface area contributed by atoms with Gasteiger partial charge in [-0.15, -0.1) is 0 Å². The number of rotatable bonds is 5. The Balaban J connectivity index is 2.50. The van der Waals surface area contributed by atoms with Gasteiger partial charge in [0, 0.05) is 6.54 Å². The highest BCUT2D eigenvalue weighted by Crippen LogP contribution is 2.26. The van der Waals surface area contributed by atoms with Gasteiger partial charge in [-0.1, -0.05) is 18.2 Å². The Bertz CT molecular complexity index is 418. The minimum atomic E-state index is -0.135. The van der Waals surface area contributed by atoms with E-state index in [-0.39, 0.29) is 11.7 Å². The summed E-state index contributed by atoms with van der Waals surface area (Å²) in [6.45, 7) is 0.517. The van der Waals surface area contributed by atoms with Crippen LogP contribution in [0, 0.1) is 5.41 Å². The number of guanidine groups is 1. The van der Waals surface area contributed by atoms with Crippen LogP contribution in [-0.2, 0) is 0 Å². The highest BCUT2D eigenvalue weighted by molar-refractivity contribution is 5.73. The van der Waals surface area contributed by atoms with E-state index < -0.39 is 0 Å². The summed E-state index contributed by atoms with van der Waals surface area (Å²) >= 11 is 0. The zero-order valence-corrected chi connectivity index (χ0v) is 9.53. The summed E-state index contributed by atoms with van der Waals surface area (Å²) in [5.41, 5.74) is 11.2. The molecule has 0 unspecified atom stereocenters. The third-order valence-corrected chi connectivity index (χ3v) is 1.96. The molecule has 0 aliphatic rings. The van der Waals surface area contributed by atoms with E-state index in [1.54, 1.807) is 18.2 Å². The fourth-order valence-corrected chi connectivity index (χ4v) is 1.20. The average Bonchev–Trinajstić information content (AvgIpc) is 2.30. The number of methoxy groups -OCH3 is 1. The Morgan fingerprint density at radius 1 is 1.59 bits per heavy atom. The van der Waals surface area contributed by atoms with Crippen molar-refractivity contribution < 1.29 is 9.84 Å². The first kappa shape index (κ1) is 12.9. The van der Waals surface area contributed by atoms with Gasteiger partial charge in [-0.05, 0) is 17.7 Å². The second-order valence-corrected chi connectivity index (χ2v) is 3.25. The predicted molar refractivity (Wildman–Crippen MR) is 66.7 cm³/mol. The van der Waals surface area contributed by atoms with Crippen molar-refractivity contribution in [3.63, 3.8) is 0 Å². The monoisotopic (exact) mass is 236 g/mol. The van der Waals surface area contributed by atoms with Crippen molar-refractivity contribution in [1.82, 2.24) is 10.9 Å². The molecule has 0 spiro atoms. The molecule has 0 heterocycles. The third-order valence-electron chi connectivity index (χ3n) is 1.96. The van der Waals surface area contributed by atoms with Crippen molar-refractivity contribution in [3.05, 3.63) is 29.8 Å². The molecule has 1 aromatic rings. The van der Waals surface area contributed by atoms with Crippen LogP contribution in [0.4, 0.5) is 0 Å². The van der Waals surface area contributed by atoms with Gasteiger partial charge >= 0.3 is 0 Å². The zero-order valence-electron chi connectivity index (χ0n) is 9.53. The molecule has 6 heteroatoms. The first-order valence-corrected chi connectivity index (χ1v) is 5.00. The lowest BCUT2D eigenvalue weighted by Gasteiger charge is -2.04. The number of hydrogen-bond acceptors (Lipinski definition) is 4. The van der Waals surface area contributed by atoms with Crippen LogP contribution in [0.15, 0.2) is 24.3 Å². The van der Waals surface area contributed by atoms with Gasteiger partial charge in [0.05, 0.1) is 7.11 Å². The Labute approximate surface area is 99.6 Å². The zero-order chi connectivity index (χ0) is 12.7. The Morgan fingerprint density at radius 2 is 2.35 bits per heavy atom. The lowest BCUT2D eigenvalue weighted by Crippen LogP contribution is -2.41. The summed E-state index contributed by atoms with van der Waals surface area (Å²) in [5, 5.41) is 16.3. The van der Waals surface area contributed by atoms with Crippen molar-refractivity contribution in [3.8, 4) is 11.5 Å². The lowest BCUT2D eigenvalue weighted by atomic mass is 10.2. The van der Waals surface area contributed by atoms with Crippen molar-refractivity contribution in [1.29, 1.82) is 5.41 Å². The van der Waals surface area contributed by atoms with Crippen LogP contribution < -0.4 is 21.3 Å². The highest BCUT2D eigenvalue weighted by atomic mass is 16.5. The molecule has 1 rings (SSSR count). The maximum Gasteiger partial charge on any atom is 0.200 e. The second kappa shape index (κ2) is 6.39. The Hall–Kier alpha value is -2.21. The molecule has 0 aliphatic heterocycles. The molecular formula is C11H16N4O2. The van der Waals surface area contributed by atoms with Crippen molar-refractivity contribution in [2.45, 2.75) is 0 Å². The van der Waals surface area contributed by atoms with Crippen LogP contribution >= 0.6 is 0 Å². The number of nitrogens with one attached hydrogen (secondary N) is 3. The van der Waals surface area contributed by atoms with Crippen LogP contribution in [0.25, 0.3) is 6.08 Å². The largest absolute Gasteiger partial charge is 0.504 e. The minimum Gasteiger partial charge on any atom is -0.504 e. The number of aromatic hydroxyl groups is 1. The molecule has 0 aliphatic carbocycles. The summed E-state index contributed by atoms with van der Waals surface area (Å²) in [7, 11) is 1.50. The molecule has 6 nitrogen and oxygen atoms in total. The quantitative estimate of drug-likeness (QED) is 0.220. The normalized spacial score (nSPS) is 10.4. The van der Waals surface area contributed by atoms with Gasteiger partial charge in [0.25, 0.3) is 0 Å².